The quantitative estimate of drug-likeness (QED) is 0.461. The molecule has 1 atom stereocenters. The van der Waals surface area contributed by atoms with Crippen molar-refractivity contribution < 1.29 is 19.1 Å². The number of esters is 1. The number of methoxy groups -OCH3 is 1. The summed E-state index contributed by atoms with van der Waals surface area (Å²) in [5.41, 5.74) is 2.47. The number of hydrogen-bond donors (Lipinski definition) is 0. The predicted octanol–water partition coefficient (Wildman–Crippen LogP) is 2.87. The molecule has 22 heavy (non-hydrogen) atoms. The Labute approximate surface area is 130 Å². The van der Waals surface area contributed by atoms with Gasteiger partial charge in [-0.3, -0.25) is 9.69 Å². The maximum absolute atomic E-state index is 12.5. The van der Waals surface area contributed by atoms with Crippen LogP contribution in [0.5, 0.6) is 0 Å². The van der Waals surface area contributed by atoms with Crippen molar-refractivity contribution in [1.82, 2.24) is 0 Å². The lowest BCUT2D eigenvalue weighted by atomic mass is 10.1. The number of carbonyl (C=O) groups is 2. The molecule has 1 rings (SSSR count). The summed E-state index contributed by atoms with van der Waals surface area (Å²) in [6.07, 6.45) is 3.67. The second-order valence-corrected chi connectivity index (χ2v) is 4.75. The molecule has 0 saturated heterocycles. The molecular weight excluding hydrogens is 282 g/mol. The minimum Gasteiger partial charge on any atom is -0.473 e. The Balaban J connectivity index is 3.30. The molecular formula is C17H21NO4. The van der Waals surface area contributed by atoms with Gasteiger partial charge >= 0.3 is 5.97 Å². The molecule has 0 heterocycles. The summed E-state index contributed by atoms with van der Waals surface area (Å²) in [4.78, 5) is 25.8. The molecule has 0 spiro atoms. The summed E-state index contributed by atoms with van der Waals surface area (Å²) < 4.78 is 9.60. The van der Waals surface area contributed by atoms with Crippen LogP contribution >= 0.6 is 0 Å². The number of aryl methyl sites for hydroxylation is 2. The highest BCUT2D eigenvalue weighted by Gasteiger charge is 2.29. The van der Waals surface area contributed by atoms with Crippen LogP contribution in [0.1, 0.15) is 18.1 Å². The molecule has 0 aliphatic rings. The van der Waals surface area contributed by atoms with Gasteiger partial charge in [-0.15, -0.1) is 0 Å². The number of amides is 1. The average molecular weight is 303 g/mol. The Morgan fingerprint density at radius 2 is 1.86 bits per heavy atom. The first-order chi connectivity index (χ1) is 10.4. The molecule has 0 N–H and O–H groups in total. The van der Waals surface area contributed by atoms with Crippen molar-refractivity contribution in [2.24, 2.45) is 0 Å². The lowest BCUT2D eigenvalue weighted by Gasteiger charge is -2.29. The van der Waals surface area contributed by atoms with Gasteiger partial charge < -0.3 is 9.47 Å². The molecule has 0 saturated carbocycles. The third-order valence-corrected chi connectivity index (χ3v) is 3.23. The van der Waals surface area contributed by atoms with Crippen molar-refractivity contribution in [3.8, 4) is 0 Å². The number of anilines is 1. The van der Waals surface area contributed by atoms with E-state index in [2.05, 4.69) is 6.58 Å². The fraction of sp³-hybridized carbons (Fsp3) is 0.294. The Bertz CT molecular complexity index is 572. The summed E-state index contributed by atoms with van der Waals surface area (Å²) in [7, 11) is 1.29. The van der Waals surface area contributed by atoms with Crippen LogP contribution < -0.4 is 4.90 Å². The Kier molecular flexibility index (Phi) is 6.38. The van der Waals surface area contributed by atoms with Crippen LogP contribution in [0.15, 0.2) is 43.4 Å². The standard InChI is InChI=1S/C17H21NO4/c1-6-22-11-10-15(19)18(14(4)17(20)21-5)16-12(2)8-7-9-13(16)3/h6-11,14H,1H2,2-5H3/b11-10-. The monoisotopic (exact) mass is 303 g/mol. The third-order valence-electron chi connectivity index (χ3n) is 3.23. The van der Waals surface area contributed by atoms with Gasteiger partial charge in [-0.2, -0.15) is 0 Å². The second kappa shape index (κ2) is 8.02. The number of hydrogen-bond acceptors (Lipinski definition) is 4. The normalized spacial score (nSPS) is 11.8. The highest BCUT2D eigenvalue weighted by atomic mass is 16.5. The molecule has 1 aromatic carbocycles. The van der Waals surface area contributed by atoms with E-state index in [1.54, 1.807) is 6.92 Å². The lowest BCUT2D eigenvalue weighted by Crippen LogP contribution is -2.44. The van der Waals surface area contributed by atoms with Crippen molar-refractivity contribution >= 4 is 17.6 Å². The van der Waals surface area contributed by atoms with Crippen molar-refractivity contribution in [2.45, 2.75) is 26.8 Å². The van der Waals surface area contributed by atoms with E-state index in [0.717, 1.165) is 11.1 Å². The van der Waals surface area contributed by atoms with E-state index >= 15 is 0 Å². The van der Waals surface area contributed by atoms with Crippen LogP contribution in [0.25, 0.3) is 0 Å². The molecule has 1 amide bonds. The Morgan fingerprint density at radius 3 is 2.36 bits per heavy atom. The van der Waals surface area contributed by atoms with Gasteiger partial charge in [0.15, 0.2) is 0 Å². The summed E-state index contributed by atoms with van der Waals surface area (Å²) in [5, 5.41) is 0. The van der Waals surface area contributed by atoms with Crippen molar-refractivity contribution in [3.05, 3.63) is 54.5 Å². The van der Waals surface area contributed by atoms with Gasteiger partial charge in [0.2, 0.25) is 0 Å². The third kappa shape index (κ3) is 3.97. The molecule has 0 aliphatic heterocycles. The highest BCUT2D eigenvalue weighted by molar-refractivity contribution is 6.06. The average Bonchev–Trinajstić information content (AvgIpc) is 2.49. The van der Waals surface area contributed by atoms with Crippen LogP contribution in [0.3, 0.4) is 0 Å². The SMILES string of the molecule is C=CO/C=C\C(=O)N(c1c(C)cccc1C)C(C)C(=O)OC. The zero-order chi connectivity index (χ0) is 16.7. The second-order valence-electron chi connectivity index (χ2n) is 4.75. The van der Waals surface area contributed by atoms with Gasteiger partial charge in [-0.05, 0) is 31.9 Å². The number of rotatable bonds is 6. The van der Waals surface area contributed by atoms with Gasteiger partial charge in [0.25, 0.3) is 5.91 Å². The van der Waals surface area contributed by atoms with Crippen LogP contribution in [0, 0.1) is 13.8 Å². The molecule has 0 bridgehead atoms. The van der Waals surface area contributed by atoms with Crippen molar-refractivity contribution in [2.75, 3.05) is 12.0 Å². The Morgan fingerprint density at radius 1 is 1.27 bits per heavy atom. The van der Waals surface area contributed by atoms with Gasteiger partial charge in [0.05, 0.1) is 25.3 Å². The zero-order valence-corrected chi connectivity index (χ0v) is 13.3. The summed E-state index contributed by atoms with van der Waals surface area (Å²) in [5.74, 6) is -0.869. The summed E-state index contributed by atoms with van der Waals surface area (Å²) in [6.45, 7) is 8.79. The minimum absolute atomic E-state index is 0.378. The molecule has 0 aliphatic carbocycles. The fourth-order valence-electron chi connectivity index (χ4n) is 2.19. The summed E-state index contributed by atoms with van der Waals surface area (Å²) in [6, 6.07) is 4.91. The van der Waals surface area contributed by atoms with E-state index in [4.69, 9.17) is 9.47 Å². The maximum Gasteiger partial charge on any atom is 0.328 e. The van der Waals surface area contributed by atoms with Crippen molar-refractivity contribution in [1.29, 1.82) is 0 Å². The largest absolute Gasteiger partial charge is 0.473 e. The molecule has 5 heteroatoms. The van der Waals surface area contributed by atoms with E-state index in [0.29, 0.717) is 5.69 Å². The van der Waals surface area contributed by atoms with E-state index in [9.17, 15) is 9.59 Å². The minimum atomic E-state index is -0.759. The van der Waals surface area contributed by atoms with Gasteiger partial charge in [-0.25, -0.2) is 4.79 Å². The Hall–Kier alpha value is -2.56. The number of nitrogens with zero attached hydrogens (tertiary/aromatic N) is 1. The molecule has 1 unspecified atom stereocenters. The highest BCUT2D eigenvalue weighted by Crippen LogP contribution is 2.27. The van der Waals surface area contributed by atoms with Crippen LogP contribution in [-0.4, -0.2) is 25.0 Å². The molecule has 0 radical (unpaired) electrons. The first-order valence-corrected chi connectivity index (χ1v) is 6.84. The van der Waals surface area contributed by atoms with E-state index in [1.165, 1.54) is 30.6 Å². The molecule has 118 valence electrons. The smallest absolute Gasteiger partial charge is 0.328 e. The molecule has 1 aromatic rings. The topological polar surface area (TPSA) is 55.8 Å². The zero-order valence-electron chi connectivity index (χ0n) is 13.3. The number of ether oxygens (including phenoxy) is 2. The van der Waals surface area contributed by atoms with E-state index < -0.39 is 12.0 Å². The van der Waals surface area contributed by atoms with Crippen LogP contribution in [-0.2, 0) is 19.1 Å². The lowest BCUT2D eigenvalue weighted by molar-refractivity contribution is -0.142. The van der Waals surface area contributed by atoms with Gasteiger partial charge in [0, 0.05) is 6.08 Å². The fourth-order valence-corrected chi connectivity index (χ4v) is 2.19. The van der Waals surface area contributed by atoms with Crippen molar-refractivity contribution in [3.63, 3.8) is 0 Å². The molecule has 0 fully saturated rings. The summed E-state index contributed by atoms with van der Waals surface area (Å²) >= 11 is 0. The number of benzene rings is 1. The first kappa shape index (κ1) is 17.5. The number of carbonyl (C=O) groups excluding carboxylic acids is 2. The maximum atomic E-state index is 12.5. The van der Waals surface area contributed by atoms with Crippen LogP contribution in [0.4, 0.5) is 5.69 Å². The molecule has 0 aromatic heterocycles. The number of para-hydroxylation sites is 1. The van der Waals surface area contributed by atoms with E-state index in [-0.39, 0.29) is 5.91 Å². The van der Waals surface area contributed by atoms with Gasteiger partial charge in [0.1, 0.15) is 6.04 Å². The van der Waals surface area contributed by atoms with Crippen LogP contribution in [0.2, 0.25) is 0 Å². The molecule has 5 nitrogen and oxygen atoms in total. The van der Waals surface area contributed by atoms with Gasteiger partial charge in [-0.1, -0.05) is 24.8 Å². The predicted molar refractivity (Wildman–Crippen MR) is 85.3 cm³/mol. The first-order valence-electron chi connectivity index (χ1n) is 6.84. The van der Waals surface area contributed by atoms with E-state index in [1.807, 2.05) is 32.0 Å².